The number of hydrogen-bond donors (Lipinski definition) is 1. The Morgan fingerprint density at radius 3 is 2.30 bits per heavy atom. The first-order chi connectivity index (χ1) is 17.0. The highest BCUT2D eigenvalue weighted by molar-refractivity contribution is 9.10. The molecule has 7 nitrogen and oxygen atoms in total. The molecule has 0 aliphatic rings. The molecule has 0 radical (unpaired) electrons. The second-order valence-electron chi connectivity index (χ2n) is 8.90. The number of sulfonamides is 1. The summed E-state index contributed by atoms with van der Waals surface area (Å²) in [4.78, 5) is 27.5. The van der Waals surface area contributed by atoms with E-state index in [0.717, 1.165) is 22.9 Å². The third kappa shape index (κ3) is 8.89. The molecule has 1 atom stereocenters. The van der Waals surface area contributed by atoms with Gasteiger partial charge in [-0.15, -0.1) is 0 Å². The molecule has 2 rings (SSSR count). The van der Waals surface area contributed by atoms with Gasteiger partial charge in [-0.1, -0.05) is 53.5 Å². The van der Waals surface area contributed by atoms with Gasteiger partial charge in [0, 0.05) is 17.6 Å². The third-order valence-electron chi connectivity index (χ3n) is 5.32. The molecular weight excluding hydrogens is 599 g/mol. The summed E-state index contributed by atoms with van der Waals surface area (Å²) < 4.78 is 66.4. The van der Waals surface area contributed by atoms with Crippen LogP contribution in [0.3, 0.4) is 0 Å². The summed E-state index contributed by atoms with van der Waals surface area (Å²) in [5.74, 6) is -1.11. The number of carbonyl (C=O) groups is 2. The Morgan fingerprint density at radius 2 is 1.76 bits per heavy atom. The molecule has 0 unspecified atom stereocenters. The Morgan fingerprint density at radius 1 is 1.11 bits per heavy atom. The van der Waals surface area contributed by atoms with E-state index in [1.807, 2.05) is 13.8 Å². The zero-order chi connectivity index (χ0) is 28.1. The lowest BCUT2D eigenvalue weighted by Crippen LogP contribution is -2.51. The number of nitrogens with zero attached hydrogens (tertiary/aromatic N) is 2. The molecule has 204 valence electrons. The van der Waals surface area contributed by atoms with Crippen LogP contribution in [0.2, 0.25) is 5.02 Å². The summed E-state index contributed by atoms with van der Waals surface area (Å²) in [6.45, 7) is 4.74. The molecule has 0 bridgehead atoms. The predicted octanol–water partition coefficient (Wildman–Crippen LogP) is 5.08. The molecule has 2 aromatic rings. The second-order valence-corrected chi connectivity index (χ2v) is 12.1. The van der Waals surface area contributed by atoms with Crippen molar-refractivity contribution < 1.29 is 31.2 Å². The molecule has 0 saturated carbocycles. The van der Waals surface area contributed by atoms with Crippen molar-refractivity contribution in [3.63, 3.8) is 0 Å². The van der Waals surface area contributed by atoms with Gasteiger partial charge in [-0.2, -0.15) is 13.2 Å². The third-order valence-corrected chi connectivity index (χ3v) is 7.25. The topological polar surface area (TPSA) is 86.8 Å². The Balaban J connectivity index is 2.48. The van der Waals surface area contributed by atoms with Gasteiger partial charge in [-0.25, -0.2) is 8.42 Å². The van der Waals surface area contributed by atoms with E-state index in [2.05, 4.69) is 21.2 Å². The van der Waals surface area contributed by atoms with Crippen molar-refractivity contribution in [2.45, 2.75) is 39.5 Å². The van der Waals surface area contributed by atoms with E-state index in [1.165, 1.54) is 11.8 Å². The quantitative estimate of drug-likeness (QED) is 0.399. The predicted molar refractivity (Wildman–Crippen MR) is 141 cm³/mol. The highest BCUT2D eigenvalue weighted by atomic mass is 79.9. The van der Waals surface area contributed by atoms with E-state index in [4.69, 9.17) is 11.6 Å². The number of halogens is 5. The fourth-order valence-electron chi connectivity index (χ4n) is 3.34. The summed E-state index contributed by atoms with van der Waals surface area (Å²) in [7, 11) is -4.25. The maximum Gasteiger partial charge on any atom is 0.416 e. The van der Waals surface area contributed by atoms with Crippen LogP contribution in [0.5, 0.6) is 0 Å². The number of nitrogens with one attached hydrogen (secondary N) is 1. The number of hydrogen-bond acceptors (Lipinski definition) is 4. The number of benzene rings is 2. The smallest absolute Gasteiger partial charge is 0.354 e. The number of carbonyl (C=O) groups excluding carboxylic acids is 2. The van der Waals surface area contributed by atoms with Crippen LogP contribution < -0.4 is 9.62 Å². The van der Waals surface area contributed by atoms with Gasteiger partial charge in [-0.05, 0) is 48.7 Å². The summed E-state index contributed by atoms with van der Waals surface area (Å²) in [6, 6.07) is 8.17. The molecule has 0 aliphatic heterocycles. The van der Waals surface area contributed by atoms with Crippen LogP contribution >= 0.6 is 27.5 Å². The fraction of sp³-hybridized carbons (Fsp3) is 0.417. The van der Waals surface area contributed by atoms with Crippen molar-refractivity contribution in [1.82, 2.24) is 10.2 Å². The van der Waals surface area contributed by atoms with Crippen molar-refractivity contribution in [2.24, 2.45) is 5.92 Å². The first-order valence-electron chi connectivity index (χ1n) is 11.2. The Bertz CT molecular complexity index is 1240. The van der Waals surface area contributed by atoms with Gasteiger partial charge in [0.25, 0.3) is 0 Å². The minimum atomic E-state index is -4.76. The molecule has 0 saturated heterocycles. The van der Waals surface area contributed by atoms with Crippen LogP contribution in [0.4, 0.5) is 18.9 Å². The molecule has 13 heteroatoms. The molecular formula is C24H28BrClF3N3O4S. The summed E-state index contributed by atoms with van der Waals surface area (Å²) in [5, 5.41) is 2.46. The van der Waals surface area contributed by atoms with Crippen LogP contribution in [0.25, 0.3) is 0 Å². The van der Waals surface area contributed by atoms with Crippen molar-refractivity contribution in [3.8, 4) is 0 Å². The van der Waals surface area contributed by atoms with Gasteiger partial charge in [0.05, 0.1) is 22.5 Å². The van der Waals surface area contributed by atoms with E-state index < -0.39 is 51.9 Å². The minimum absolute atomic E-state index is 0.0531. The Hall–Kier alpha value is -2.31. The SMILES string of the molecule is CC(C)CNC(=O)[C@H](C)N(Cc1cccc(Br)c1)C(=O)CN(c1cc(C(F)(F)F)ccc1Cl)S(C)(=O)=O. The van der Waals surface area contributed by atoms with E-state index in [-0.39, 0.29) is 17.5 Å². The number of rotatable bonds is 10. The maximum absolute atomic E-state index is 13.5. The van der Waals surface area contributed by atoms with Crippen LogP contribution in [0, 0.1) is 5.92 Å². The van der Waals surface area contributed by atoms with Gasteiger partial charge < -0.3 is 10.2 Å². The van der Waals surface area contributed by atoms with Gasteiger partial charge in [-0.3, -0.25) is 13.9 Å². The van der Waals surface area contributed by atoms with Crippen molar-refractivity contribution >= 4 is 55.1 Å². The lowest BCUT2D eigenvalue weighted by Gasteiger charge is -2.32. The Kier molecular flexibility index (Phi) is 10.4. The van der Waals surface area contributed by atoms with E-state index >= 15 is 0 Å². The number of anilines is 1. The van der Waals surface area contributed by atoms with Crippen molar-refractivity contribution in [3.05, 3.63) is 63.1 Å². The molecule has 0 spiro atoms. The number of amides is 2. The monoisotopic (exact) mass is 625 g/mol. The van der Waals surface area contributed by atoms with Crippen LogP contribution in [0.1, 0.15) is 31.9 Å². The number of alkyl halides is 3. The molecule has 0 aliphatic carbocycles. The second kappa shape index (κ2) is 12.5. The molecule has 37 heavy (non-hydrogen) atoms. The lowest BCUT2D eigenvalue weighted by molar-refractivity contribution is -0.139. The zero-order valence-electron chi connectivity index (χ0n) is 20.6. The summed E-state index contributed by atoms with van der Waals surface area (Å²) >= 11 is 9.42. The first kappa shape index (κ1) is 30.9. The lowest BCUT2D eigenvalue weighted by atomic mass is 10.1. The molecule has 0 fully saturated rings. The van der Waals surface area contributed by atoms with Crippen LogP contribution in [-0.4, -0.2) is 50.5 Å². The highest BCUT2D eigenvalue weighted by Gasteiger charge is 2.34. The van der Waals surface area contributed by atoms with Gasteiger partial charge in [0.2, 0.25) is 21.8 Å². The van der Waals surface area contributed by atoms with Crippen molar-refractivity contribution in [2.75, 3.05) is 23.7 Å². The first-order valence-corrected chi connectivity index (χ1v) is 14.2. The van der Waals surface area contributed by atoms with Crippen LogP contribution in [0.15, 0.2) is 46.9 Å². The van der Waals surface area contributed by atoms with E-state index in [1.54, 1.807) is 24.3 Å². The molecule has 2 aromatic carbocycles. The highest BCUT2D eigenvalue weighted by Crippen LogP contribution is 2.36. The summed E-state index contributed by atoms with van der Waals surface area (Å²) in [6.07, 6.45) is -4.00. The van der Waals surface area contributed by atoms with Gasteiger partial charge >= 0.3 is 6.18 Å². The zero-order valence-corrected chi connectivity index (χ0v) is 23.8. The van der Waals surface area contributed by atoms with Crippen LogP contribution in [-0.2, 0) is 32.3 Å². The van der Waals surface area contributed by atoms with E-state index in [9.17, 15) is 31.2 Å². The Labute approximate surface area is 228 Å². The molecule has 0 aromatic heterocycles. The normalized spacial score (nSPS) is 12.8. The average molecular weight is 627 g/mol. The van der Waals surface area contributed by atoms with Gasteiger partial charge in [0.1, 0.15) is 12.6 Å². The summed E-state index contributed by atoms with van der Waals surface area (Å²) in [5.41, 5.74) is -0.971. The minimum Gasteiger partial charge on any atom is -0.354 e. The van der Waals surface area contributed by atoms with E-state index in [0.29, 0.717) is 22.5 Å². The average Bonchev–Trinajstić information content (AvgIpc) is 2.78. The molecule has 1 N–H and O–H groups in total. The maximum atomic E-state index is 13.5. The van der Waals surface area contributed by atoms with Crippen molar-refractivity contribution in [1.29, 1.82) is 0 Å². The fourth-order valence-corrected chi connectivity index (χ4v) is 4.91. The largest absolute Gasteiger partial charge is 0.416 e. The molecule has 0 heterocycles. The standard InChI is InChI=1S/C24H28BrClF3N3O4S/c1-15(2)12-30-23(34)16(3)31(13-17-6-5-7-19(25)10-17)22(33)14-32(37(4,35)36)21-11-18(24(27,28)29)8-9-20(21)26/h5-11,15-16H,12-14H2,1-4H3,(H,30,34)/t16-/m0/s1. The molecule has 2 amide bonds. The van der Waals surface area contributed by atoms with Gasteiger partial charge in [0.15, 0.2) is 0 Å².